The van der Waals surface area contributed by atoms with Gasteiger partial charge in [0.25, 0.3) is 0 Å². The maximum absolute atomic E-state index is 3.64. The summed E-state index contributed by atoms with van der Waals surface area (Å²) in [5.41, 5.74) is 0.433. The van der Waals surface area contributed by atoms with Gasteiger partial charge in [-0.25, -0.2) is 0 Å². The molecular formula is C16H34N2. The van der Waals surface area contributed by atoms with Gasteiger partial charge in [-0.05, 0) is 46.1 Å². The normalized spacial score (nSPS) is 20.0. The lowest BCUT2D eigenvalue weighted by molar-refractivity contribution is 0.149. The fourth-order valence-corrected chi connectivity index (χ4v) is 3.24. The maximum atomic E-state index is 3.64. The highest BCUT2D eigenvalue weighted by Crippen LogP contribution is 2.31. The van der Waals surface area contributed by atoms with Gasteiger partial charge in [0.05, 0.1) is 0 Å². The van der Waals surface area contributed by atoms with E-state index in [1.54, 1.807) is 0 Å². The number of nitrogens with one attached hydrogen (secondary N) is 1. The molecule has 0 radical (unpaired) electrons. The molecule has 1 saturated carbocycles. The zero-order chi connectivity index (χ0) is 13.6. The van der Waals surface area contributed by atoms with Gasteiger partial charge in [-0.2, -0.15) is 0 Å². The molecule has 108 valence electrons. The van der Waals surface area contributed by atoms with E-state index in [2.05, 4.69) is 45.0 Å². The lowest BCUT2D eigenvalue weighted by Crippen LogP contribution is -2.48. The highest BCUT2D eigenvalue weighted by atomic mass is 15.1. The van der Waals surface area contributed by atoms with Gasteiger partial charge in [0, 0.05) is 24.7 Å². The van der Waals surface area contributed by atoms with Crippen LogP contribution in [0.1, 0.15) is 66.2 Å². The smallest absolute Gasteiger partial charge is 0.0190 e. The number of hydrogen-bond acceptors (Lipinski definition) is 2. The van der Waals surface area contributed by atoms with E-state index < -0.39 is 0 Å². The fourth-order valence-electron chi connectivity index (χ4n) is 3.24. The van der Waals surface area contributed by atoms with E-state index in [4.69, 9.17) is 0 Å². The Labute approximate surface area is 115 Å². The summed E-state index contributed by atoms with van der Waals surface area (Å²) in [6, 6.07) is 0.671. The van der Waals surface area contributed by atoms with E-state index in [0.29, 0.717) is 11.6 Å². The largest absolute Gasteiger partial charge is 0.314 e. The Hall–Kier alpha value is -0.0800. The highest BCUT2D eigenvalue weighted by molar-refractivity contribution is 4.90. The van der Waals surface area contributed by atoms with Crippen molar-refractivity contribution < 1.29 is 0 Å². The standard InChI is InChI=1S/C16H34N2/c1-14(2)13-18(15(3)4)12-11-16(17-5)9-7-6-8-10-16/h14-15,17H,6-13H2,1-5H3. The Balaban J connectivity index is 2.48. The maximum Gasteiger partial charge on any atom is 0.0190 e. The highest BCUT2D eigenvalue weighted by Gasteiger charge is 2.30. The second-order valence-electron chi connectivity index (χ2n) is 6.82. The summed E-state index contributed by atoms with van der Waals surface area (Å²) >= 11 is 0. The van der Waals surface area contributed by atoms with Crippen LogP contribution in [0, 0.1) is 5.92 Å². The predicted molar refractivity (Wildman–Crippen MR) is 81.0 cm³/mol. The third-order valence-corrected chi connectivity index (χ3v) is 4.55. The first-order valence-electron chi connectivity index (χ1n) is 7.92. The van der Waals surface area contributed by atoms with E-state index in [9.17, 15) is 0 Å². The summed E-state index contributed by atoms with van der Waals surface area (Å²) in [4.78, 5) is 2.65. The molecule has 0 aliphatic heterocycles. The molecule has 2 heteroatoms. The van der Waals surface area contributed by atoms with Crippen molar-refractivity contribution in [2.75, 3.05) is 20.1 Å². The molecule has 18 heavy (non-hydrogen) atoms. The van der Waals surface area contributed by atoms with Gasteiger partial charge < -0.3 is 10.2 Å². The Morgan fingerprint density at radius 3 is 2.11 bits per heavy atom. The molecule has 0 unspecified atom stereocenters. The molecule has 0 amide bonds. The first-order valence-corrected chi connectivity index (χ1v) is 7.92. The molecule has 1 fully saturated rings. The van der Waals surface area contributed by atoms with Crippen molar-refractivity contribution in [3.63, 3.8) is 0 Å². The lowest BCUT2D eigenvalue weighted by atomic mass is 9.79. The summed E-state index contributed by atoms with van der Waals surface area (Å²) in [6.07, 6.45) is 8.31. The molecule has 0 atom stereocenters. The first-order chi connectivity index (χ1) is 8.49. The predicted octanol–water partition coefficient (Wildman–Crippen LogP) is 3.67. The van der Waals surface area contributed by atoms with E-state index in [1.807, 2.05) is 0 Å². The molecule has 1 aliphatic rings. The topological polar surface area (TPSA) is 15.3 Å². The molecule has 0 aromatic heterocycles. The molecule has 0 bridgehead atoms. The third-order valence-electron chi connectivity index (χ3n) is 4.55. The van der Waals surface area contributed by atoms with Crippen LogP contribution in [0.2, 0.25) is 0 Å². The zero-order valence-corrected chi connectivity index (χ0v) is 13.3. The van der Waals surface area contributed by atoms with Crippen molar-refractivity contribution in [3.8, 4) is 0 Å². The van der Waals surface area contributed by atoms with Gasteiger partial charge in [-0.3, -0.25) is 0 Å². The number of nitrogens with zero attached hydrogens (tertiary/aromatic N) is 1. The van der Waals surface area contributed by atoms with Crippen LogP contribution in [0.15, 0.2) is 0 Å². The van der Waals surface area contributed by atoms with Gasteiger partial charge >= 0.3 is 0 Å². The van der Waals surface area contributed by atoms with Crippen LogP contribution >= 0.6 is 0 Å². The molecule has 0 aromatic rings. The molecule has 2 nitrogen and oxygen atoms in total. The minimum Gasteiger partial charge on any atom is -0.314 e. The molecule has 0 heterocycles. The summed E-state index contributed by atoms with van der Waals surface area (Å²) in [7, 11) is 2.16. The summed E-state index contributed by atoms with van der Waals surface area (Å²) in [5.74, 6) is 0.768. The van der Waals surface area contributed by atoms with Crippen molar-refractivity contribution in [1.82, 2.24) is 10.2 Å². The monoisotopic (exact) mass is 254 g/mol. The Bertz CT molecular complexity index is 217. The third kappa shape index (κ3) is 4.89. The minimum atomic E-state index is 0.433. The SMILES string of the molecule is CNC1(CCN(CC(C)C)C(C)C)CCCCC1. The lowest BCUT2D eigenvalue weighted by Gasteiger charge is -2.40. The van der Waals surface area contributed by atoms with Crippen molar-refractivity contribution in [1.29, 1.82) is 0 Å². The summed E-state index contributed by atoms with van der Waals surface area (Å²) in [5, 5.41) is 3.64. The summed E-state index contributed by atoms with van der Waals surface area (Å²) in [6.45, 7) is 11.8. The molecule has 0 spiro atoms. The van der Waals surface area contributed by atoms with Crippen molar-refractivity contribution >= 4 is 0 Å². The minimum absolute atomic E-state index is 0.433. The van der Waals surface area contributed by atoms with E-state index >= 15 is 0 Å². The van der Waals surface area contributed by atoms with Crippen molar-refractivity contribution in [2.45, 2.75) is 77.8 Å². The number of rotatable bonds is 7. The van der Waals surface area contributed by atoms with Crippen LogP contribution in [0.25, 0.3) is 0 Å². The van der Waals surface area contributed by atoms with Gasteiger partial charge in [0.2, 0.25) is 0 Å². The van der Waals surface area contributed by atoms with Crippen LogP contribution in [0.5, 0.6) is 0 Å². The molecule has 0 aromatic carbocycles. The summed E-state index contributed by atoms with van der Waals surface area (Å²) < 4.78 is 0. The Morgan fingerprint density at radius 2 is 1.67 bits per heavy atom. The van der Waals surface area contributed by atoms with Gasteiger partial charge in [-0.1, -0.05) is 33.1 Å². The van der Waals surface area contributed by atoms with Crippen LogP contribution in [-0.2, 0) is 0 Å². The molecule has 1 rings (SSSR count). The van der Waals surface area contributed by atoms with Gasteiger partial charge in [0.1, 0.15) is 0 Å². The first kappa shape index (κ1) is 16.0. The van der Waals surface area contributed by atoms with Crippen LogP contribution < -0.4 is 5.32 Å². The quantitative estimate of drug-likeness (QED) is 0.746. The van der Waals surface area contributed by atoms with E-state index in [-0.39, 0.29) is 0 Å². The molecule has 0 saturated heterocycles. The Kier molecular flexibility index (Phi) is 6.65. The molecule has 1 N–H and O–H groups in total. The average molecular weight is 254 g/mol. The van der Waals surface area contributed by atoms with E-state index in [1.165, 1.54) is 51.6 Å². The van der Waals surface area contributed by atoms with Crippen LogP contribution in [-0.4, -0.2) is 36.6 Å². The van der Waals surface area contributed by atoms with Gasteiger partial charge in [-0.15, -0.1) is 0 Å². The number of hydrogen-bond donors (Lipinski definition) is 1. The van der Waals surface area contributed by atoms with Crippen molar-refractivity contribution in [3.05, 3.63) is 0 Å². The second kappa shape index (κ2) is 7.49. The van der Waals surface area contributed by atoms with Crippen LogP contribution in [0.4, 0.5) is 0 Å². The second-order valence-corrected chi connectivity index (χ2v) is 6.82. The van der Waals surface area contributed by atoms with Gasteiger partial charge in [0.15, 0.2) is 0 Å². The zero-order valence-electron chi connectivity index (χ0n) is 13.3. The van der Waals surface area contributed by atoms with Crippen molar-refractivity contribution in [2.24, 2.45) is 5.92 Å². The van der Waals surface area contributed by atoms with Crippen LogP contribution in [0.3, 0.4) is 0 Å². The molecule has 1 aliphatic carbocycles. The average Bonchev–Trinajstić information content (AvgIpc) is 2.35. The Morgan fingerprint density at radius 1 is 1.06 bits per heavy atom. The molecular weight excluding hydrogens is 220 g/mol. The van der Waals surface area contributed by atoms with E-state index in [0.717, 1.165) is 5.92 Å². The fraction of sp³-hybridized carbons (Fsp3) is 1.00.